The Morgan fingerprint density at radius 1 is 0.868 bits per heavy atom. The van der Waals surface area contributed by atoms with E-state index in [1.54, 1.807) is 6.20 Å². The second-order valence-corrected chi connectivity index (χ2v) is 15.8. The number of aromatic nitrogens is 2. The minimum absolute atomic E-state index is 0.0281. The summed E-state index contributed by atoms with van der Waals surface area (Å²) < 4.78 is 21.1. The Bertz CT molecular complexity index is 1300. The number of rotatable bonds is 11. The van der Waals surface area contributed by atoms with Gasteiger partial charge in [0, 0.05) is 6.20 Å². The lowest BCUT2D eigenvalue weighted by atomic mass is 10.1. The van der Waals surface area contributed by atoms with Crippen LogP contribution in [0.3, 0.4) is 0 Å². The van der Waals surface area contributed by atoms with Crippen LogP contribution in [0, 0.1) is 0 Å². The standard InChI is InChI=1S/C31H39N3O3Si/c1-31(2,3)38(4,5)37-30(28-18-19-33-34(28)23-35-21-24-12-8-6-9-13-24)26-16-17-27(32)29(20-26)36-22-25-14-10-7-11-15-25/h6-20,30H,21-23,32H2,1-5H3. The molecule has 4 aromatic rings. The molecule has 0 bridgehead atoms. The Labute approximate surface area is 227 Å². The Morgan fingerprint density at radius 3 is 2.13 bits per heavy atom. The van der Waals surface area contributed by atoms with Crippen LogP contribution >= 0.6 is 0 Å². The summed E-state index contributed by atoms with van der Waals surface area (Å²) >= 11 is 0. The fourth-order valence-corrected chi connectivity index (χ4v) is 5.04. The molecule has 0 saturated heterocycles. The van der Waals surface area contributed by atoms with Crippen molar-refractivity contribution in [1.82, 2.24) is 9.78 Å². The molecule has 0 aliphatic rings. The monoisotopic (exact) mass is 529 g/mol. The van der Waals surface area contributed by atoms with Gasteiger partial charge in [-0.3, -0.25) is 0 Å². The molecule has 0 spiro atoms. The molecule has 0 radical (unpaired) electrons. The van der Waals surface area contributed by atoms with Crippen LogP contribution in [0.5, 0.6) is 5.75 Å². The van der Waals surface area contributed by atoms with E-state index in [4.69, 9.17) is 19.6 Å². The van der Waals surface area contributed by atoms with Crippen LogP contribution in [0.15, 0.2) is 91.1 Å². The van der Waals surface area contributed by atoms with Crippen LogP contribution in [-0.4, -0.2) is 18.1 Å². The van der Waals surface area contributed by atoms with E-state index in [2.05, 4.69) is 51.1 Å². The zero-order valence-corrected chi connectivity index (χ0v) is 24.1. The highest BCUT2D eigenvalue weighted by Gasteiger charge is 2.40. The molecule has 1 heterocycles. The van der Waals surface area contributed by atoms with E-state index >= 15 is 0 Å². The predicted molar refractivity (Wildman–Crippen MR) is 155 cm³/mol. The summed E-state index contributed by atoms with van der Waals surface area (Å²) in [5, 5.41) is 4.60. The van der Waals surface area contributed by atoms with Gasteiger partial charge in [-0.25, -0.2) is 4.68 Å². The van der Waals surface area contributed by atoms with E-state index in [9.17, 15) is 0 Å². The average Bonchev–Trinajstić information content (AvgIpc) is 3.36. The van der Waals surface area contributed by atoms with Gasteiger partial charge in [0.15, 0.2) is 8.32 Å². The summed E-state index contributed by atoms with van der Waals surface area (Å²) in [5.41, 5.74) is 11.0. The maximum Gasteiger partial charge on any atom is 0.193 e. The van der Waals surface area contributed by atoms with Gasteiger partial charge in [0.05, 0.1) is 18.0 Å². The number of nitrogen functional groups attached to an aromatic ring is 1. The van der Waals surface area contributed by atoms with Gasteiger partial charge in [0.25, 0.3) is 0 Å². The summed E-state index contributed by atoms with van der Waals surface area (Å²) in [5.74, 6) is 0.640. The van der Waals surface area contributed by atoms with Gasteiger partial charge < -0.3 is 19.6 Å². The predicted octanol–water partition coefficient (Wildman–Crippen LogP) is 7.33. The van der Waals surface area contributed by atoms with Crippen molar-refractivity contribution in [3.05, 3.63) is 114 Å². The highest BCUT2D eigenvalue weighted by molar-refractivity contribution is 6.74. The van der Waals surface area contributed by atoms with Crippen LogP contribution in [0.1, 0.15) is 49.3 Å². The fourth-order valence-electron chi connectivity index (χ4n) is 3.84. The van der Waals surface area contributed by atoms with Crippen LogP contribution < -0.4 is 10.5 Å². The molecule has 0 aliphatic heterocycles. The Balaban J connectivity index is 1.62. The number of hydrogen-bond donors (Lipinski definition) is 1. The first kappa shape index (κ1) is 27.6. The number of ether oxygens (including phenoxy) is 2. The Morgan fingerprint density at radius 2 is 1.50 bits per heavy atom. The SMILES string of the molecule is CC(C)(C)[Si](C)(C)OC(c1ccc(N)c(OCc2ccccc2)c1)c1ccnn1COCc1ccccc1. The van der Waals surface area contributed by atoms with E-state index in [1.165, 1.54) is 0 Å². The maximum atomic E-state index is 7.02. The molecule has 200 valence electrons. The smallest absolute Gasteiger partial charge is 0.193 e. The quantitative estimate of drug-likeness (QED) is 0.163. The molecular weight excluding hydrogens is 490 g/mol. The summed E-state index contributed by atoms with van der Waals surface area (Å²) in [6.45, 7) is 12.5. The third kappa shape index (κ3) is 6.92. The van der Waals surface area contributed by atoms with Crippen LogP contribution in [-0.2, 0) is 29.1 Å². The molecule has 6 nitrogen and oxygen atoms in total. The number of anilines is 1. The van der Waals surface area contributed by atoms with Crippen molar-refractivity contribution in [3.63, 3.8) is 0 Å². The van der Waals surface area contributed by atoms with Crippen molar-refractivity contribution in [1.29, 1.82) is 0 Å². The van der Waals surface area contributed by atoms with Crippen molar-refractivity contribution in [2.24, 2.45) is 0 Å². The highest BCUT2D eigenvalue weighted by Crippen LogP contribution is 2.42. The molecule has 0 amide bonds. The molecular formula is C31H39N3O3Si. The van der Waals surface area contributed by atoms with E-state index in [0.29, 0.717) is 31.4 Å². The normalized spacial score (nSPS) is 12.9. The molecule has 4 rings (SSSR count). The third-order valence-corrected chi connectivity index (χ3v) is 11.6. The summed E-state index contributed by atoms with van der Waals surface area (Å²) in [7, 11) is -2.17. The molecule has 1 aromatic heterocycles. The lowest BCUT2D eigenvalue weighted by Crippen LogP contribution is -2.42. The third-order valence-electron chi connectivity index (χ3n) is 7.14. The second-order valence-electron chi connectivity index (χ2n) is 11.0. The zero-order valence-electron chi connectivity index (χ0n) is 23.1. The van der Waals surface area contributed by atoms with Crippen LogP contribution in [0.4, 0.5) is 5.69 Å². The van der Waals surface area contributed by atoms with Crippen molar-refractivity contribution in [2.75, 3.05) is 5.73 Å². The molecule has 7 heteroatoms. The average molecular weight is 530 g/mol. The number of nitrogens with zero attached hydrogens (tertiary/aromatic N) is 2. The Kier molecular flexibility index (Phi) is 8.71. The number of hydrogen-bond acceptors (Lipinski definition) is 5. The molecule has 0 fully saturated rings. The Hall–Kier alpha value is -3.39. The minimum Gasteiger partial charge on any atom is -0.487 e. The molecule has 0 aliphatic carbocycles. The van der Waals surface area contributed by atoms with Gasteiger partial charge in [-0.15, -0.1) is 0 Å². The fraction of sp³-hybridized carbons (Fsp3) is 0.323. The van der Waals surface area contributed by atoms with Crippen molar-refractivity contribution >= 4 is 14.0 Å². The van der Waals surface area contributed by atoms with Gasteiger partial charge in [0.2, 0.25) is 0 Å². The van der Waals surface area contributed by atoms with Gasteiger partial charge in [0.1, 0.15) is 25.2 Å². The molecule has 38 heavy (non-hydrogen) atoms. The lowest BCUT2D eigenvalue weighted by molar-refractivity contribution is 0.0500. The van der Waals surface area contributed by atoms with E-state index in [1.807, 2.05) is 77.5 Å². The van der Waals surface area contributed by atoms with E-state index in [0.717, 1.165) is 22.4 Å². The summed E-state index contributed by atoms with van der Waals surface area (Å²) in [6, 6.07) is 28.1. The number of nitrogens with two attached hydrogens (primary N) is 1. The summed E-state index contributed by atoms with van der Waals surface area (Å²) in [6.07, 6.45) is 1.45. The van der Waals surface area contributed by atoms with Gasteiger partial charge >= 0.3 is 0 Å². The first-order chi connectivity index (χ1) is 18.1. The van der Waals surface area contributed by atoms with E-state index in [-0.39, 0.29) is 11.1 Å². The van der Waals surface area contributed by atoms with Crippen LogP contribution in [0.2, 0.25) is 18.1 Å². The van der Waals surface area contributed by atoms with Crippen molar-refractivity contribution < 1.29 is 13.9 Å². The largest absolute Gasteiger partial charge is 0.487 e. The zero-order chi connectivity index (χ0) is 27.2. The van der Waals surface area contributed by atoms with Crippen LogP contribution in [0.25, 0.3) is 0 Å². The first-order valence-corrected chi connectivity index (χ1v) is 15.9. The van der Waals surface area contributed by atoms with Gasteiger partial charge in [-0.05, 0) is 53.0 Å². The molecule has 1 atom stereocenters. The van der Waals surface area contributed by atoms with Crippen molar-refractivity contribution in [3.8, 4) is 5.75 Å². The summed E-state index contributed by atoms with van der Waals surface area (Å²) in [4.78, 5) is 0. The lowest BCUT2D eigenvalue weighted by Gasteiger charge is -2.39. The van der Waals surface area contributed by atoms with Crippen molar-refractivity contribution in [2.45, 2.75) is 65.0 Å². The van der Waals surface area contributed by atoms with Gasteiger partial charge in [-0.2, -0.15) is 5.10 Å². The van der Waals surface area contributed by atoms with E-state index < -0.39 is 8.32 Å². The second kappa shape index (κ2) is 12.0. The van der Waals surface area contributed by atoms with Gasteiger partial charge in [-0.1, -0.05) is 87.5 Å². The first-order valence-electron chi connectivity index (χ1n) is 13.0. The highest BCUT2D eigenvalue weighted by atomic mass is 28.4. The maximum absolute atomic E-state index is 7.02. The molecule has 3 aromatic carbocycles. The molecule has 0 saturated carbocycles. The molecule has 1 unspecified atom stereocenters. The minimum atomic E-state index is -2.17. The molecule has 2 N–H and O–H groups in total. The number of benzene rings is 3. The topological polar surface area (TPSA) is 71.5 Å².